The molecule has 1 aromatic rings. The lowest BCUT2D eigenvalue weighted by Gasteiger charge is -2.42. The molecule has 2 nitrogen and oxygen atoms in total. The Balaban J connectivity index is 2.09. The minimum atomic E-state index is -0.201. The number of likely N-dealkylation sites (tertiary alicyclic amines) is 1. The quantitative estimate of drug-likeness (QED) is 0.879. The summed E-state index contributed by atoms with van der Waals surface area (Å²) >= 11 is 3.50. The van der Waals surface area contributed by atoms with Crippen LogP contribution in [0.3, 0.4) is 0 Å². The van der Waals surface area contributed by atoms with Crippen LogP contribution in [0.15, 0.2) is 22.7 Å². The molecule has 1 unspecified atom stereocenters. The van der Waals surface area contributed by atoms with E-state index in [9.17, 15) is 4.39 Å². The maximum absolute atomic E-state index is 13.4. The summed E-state index contributed by atoms with van der Waals surface area (Å²) in [7, 11) is 0. The Bertz CT molecular complexity index is 468. The van der Waals surface area contributed by atoms with Gasteiger partial charge in [-0.25, -0.2) is 4.39 Å². The van der Waals surface area contributed by atoms with Crippen LogP contribution >= 0.6 is 15.9 Å². The molecule has 1 heterocycles. The Morgan fingerprint density at radius 2 is 1.86 bits per heavy atom. The topological polar surface area (TPSA) is 29.3 Å². The van der Waals surface area contributed by atoms with E-state index in [4.69, 9.17) is 5.73 Å². The first-order valence-corrected chi connectivity index (χ1v) is 8.65. The highest BCUT2D eigenvalue weighted by molar-refractivity contribution is 9.10. The van der Waals surface area contributed by atoms with Gasteiger partial charge >= 0.3 is 0 Å². The van der Waals surface area contributed by atoms with E-state index >= 15 is 0 Å². The summed E-state index contributed by atoms with van der Waals surface area (Å²) in [5.74, 6) is -0.201. The molecule has 118 valence electrons. The summed E-state index contributed by atoms with van der Waals surface area (Å²) in [4.78, 5) is 2.51. The van der Waals surface area contributed by atoms with Gasteiger partial charge in [0.05, 0.1) is 0 Å². The Morgan fingerprint density at radius 3 is 2.48 bits per heavy atom. The van der Waals surface area contributed by atoms with Gasteiger partial charge in [0.2, 0.25) is 0 Å². The molecule has 1 aliphatic heterocycles. The molecule has 0 spiro atoms. The Labute approximate surface area is 136 Å². The molecular weight excluding hydrogens is 331 g/mol. The summed E-state index contributed by atoms with van der Waals surface area (Å²) in [6, 6.07) is 4.80. The van der Waals surface area contributed by atoms with Gasteiger partial charge in [-0.2, -0.15) is 0 Å². The van der Waals surface area contributed by atoms with Gasteiger partial charge in [-0.3, -0.25) is 4.90 Å². The molecule has 1 atom stereocenters. The Morgan fingerprint density at radius 1 is 1.24 bits per heavy atom. The highest BCUT2D eigenvalue weighted by atomic mass is 79.9. The van der Waals surface area contributed by atoms with Crippen LogP contribution in [0.25, 0.3) is 0 Å². The van der Waals surface area contributed by atoms with Crippen molar-refractivity contribution in [2.75, 3.05) is 13.1 Å². The van der Waals surface area contributed by atoms with Crippen LogP contribution in [0.4, 0.5) is 4.39 Å². The SMILES string of the molecule is CC(C)(C(N)Cc1cc(F)ccc1Br)N1CCCCCC1. The number of halogens is 2. The second-order valence-corrected chi connectivity index (χ2v) is 7.46. The first kappa shape index (κ1) is 16.9. The van der Waals surface area contributed by atoms with E-state index in [1.807, 2.05) is 0 Å². The standard InChI is InChI=1S/C17H26BrFN2/c1-17(2,21-9-5-3-4-6-10-21)16(20)12-13-11-14(19)7-8-15(13)18/h7-8,11,16H,3-6,9-10,12,20H2,1-2H3. The van der Waals surface area contributed by atoms with Crippen molar-refractivity contribution < 1.29 is 4.39 Å². The largest absolute Gasteiger partial charge is 0.326 e. The first-order chi connectivity index (χ1) is 9.91. The van der Waals surface area contributed by atoms with E-state index in [0.717, 1.165) is 23.1 Å². The molecule has 1 saturated heterocycles. The van der Waals surface area contributed by atoms with Gasteiger partial charge in [-0.1, -0.05) is 28.8 Å². The Hall–Kier alpha value is -0.450. The molecule has 4 heteroatoms. The van der Waals surface area contributed by atoms with Crippen molar-refractivity contribution in [3.05, 3.63) is 34.1 Å². The lowest BCUT2D eigenvalue weighted by molar-refractivity contribution is 0.0978. The lowest BCUT2D eigenvalue weighted by Crippen LogP contribution is -2.57. The average molecular weight is 357 g/mol. The number of benzene rings is 1. The molecule has 2 N–H and O–H groups in total. The molecule has 2 rings (SSSR count). The second-order valence-electron chi connectivity index (χ2n) is 6.60. The van der Waals surface area contributed by atoms with Crippen molar-refractivity contribution in [1.82, 2.24) is 4.90 Å². The number of nitrogens with zero attached hydrogens (tertiary/aromatic N) is 1. The van der Waals surface area contributed by atoms with Crippen LogP contribution in [0.1, 0.15) is 45.1 Å². The van der Waals surface area contributed by atoms with Gasteiger partial charge in [-0.05, 0) is 70.0 Å². The van der Waals surface area contributed by atoms with Crippen molar-refractivity contribution in [3.8, 4) is 0 Å². The van der Waals surface area contributed by atoms with E-state index in [2.05, 4.69) is 34.7 Å². The normalized spacial score (nSPS) is 19.3. The third-order valence-electron chi connectivity index (χ3n) is 4.78. The van der Waals surface area contributed by atoms with Crippen LogP contribution in [0.5, 0.6) is 0 Å². The van der Waals surface area contributed by atoms with Crippen LogP contribution in [-0.4, -0.2) is 29.6 Å². The molecule has 0 amide bonds. The minimum absolute atomic E-state index is 0.0197. The highest BCUT2D eigenvalue weighted by Crippen LogP contribution is 2.27. The number of rotatable bonds is 4. The second kappa shape index (κ2) is 7.21. The molecule has 1 aliphatic rings. The number of hydrogen-bond acceptors (Lipinski definition) is 2. The van der Waals surface area contributed by atoms with Gasteiger partial charge in [0.1, 0.15) is 5.82 Å². The van der Waals surface area contributed by atoms with Crippen LogP contribution in [0.2, 0.25) is 0 Å². The van der Waals surface area contributed by atoms with Crippen molar-refractivity contribution in [2.45, 2.75) is 57.5 Å². The molecule has 1 fully saturated rings. The maximum atomic E-state index is 13.4. The molecule has 0 aromatic heterocycles. The van der Waals surface area contributed by atoms with Crippen molar-refractivity contribution >= 4 is 15.9 Å². The summed E-state index contributed by atoms with van der Waals surface area (Å²) < 4.78 is 14.4. The average Bonchev–Trinajstić information content (AvgIpc) is 2.72. The molecule has 21 heavy (non-hydrogen) atoms. The minimum Gasteiger partial charge on any atom is -0.326 e. The van der Waals surface area contributed by atoms with E-state index in [-0.39, 0.29) is 17.4 Å². The van der Waals surface area contributed by atoms with Crippen LogP contribution in [0, 0.1) is 5.82 Å². The van der Waals surface area contributed by atoms with E-state index in [0.29, 0.717) is 6.42 Å². The number of nitrogens with two attached hydrogens (primary N) is 1. The van der Waals surface area contributed by atoms with E-state index in [1.54, 1.807) is 12.1 Å². The molecule has 0 saturated carbocycles. The molecular formula is C17H26BrFN2. The van der Waals surface area contributed by atoms with Crippen LogP contribution < -0.4 is 5.73 Å². The lowest BCUT2D eigenvalue weighted by atomic mass is 9.88. The smallest absolute Gasteiger partial charge is 0.123 e. The number of hydrogen-bond donors (Lipinski definition) is 1. The zero-order chi connectivity index (χ0) is 15.5. The highest BCUT2D eigenvalue weighted by Gasteiger charge is 2.33. The first-order valence-electron chi connectivity index (χ1n) is 7.86. The zero-order valence-electron chi connectivity index (χ0n) is 13.0. The fourth-order valence-electron chi connectivity index (χ4n) is 3.07. The van der Waals surface area contributed by atoms with Crippen LogP contribution in [-0.2, 0) is 6.42 Å². The monoisotopic (exact) mass is 356 g/mol. The van der Waals surface area contributed by atoms with E-state index < -0.39 is 0 Å². The van der Waals surface area contributed by atoms with Gasteiger partial charge in [-0.15, -0.1) is 0 Å². The predicted molar refractivity (Wildman–Crippen MR) is 89.9 cm³/mol. The van der Waals surface area contributed by atoms with Crippen molar-refractivity contribution in [3.63, 3.8) is 0 Å². The summed E-state index contributed by atoms with van der Waals surface area (Å²) in [6.45, 7) is 6.67. The molecule has 0 radical (unpaired) electrons. The molecule has 0 bridgehead atoms. The Kier molecular flexibility index (Phi) is 5.81. The van der Waals surface area contributed by atoms with Crippen molar-refractivity contribution in [1.29, 1.82) is 0 Å². The maximum Gasteiger partial charge on any atom is 0.123 e. The molecule has 1 aromatic carbocycles. The predicted octanol–water partition coefficient (Wildman–Crippen LogP) is 4.11. The van der Waals surface area contributed by atoms with E-state index in [1.165, 1.54) is 31.7 Å². The van der Waals surface area contributed by atoms with Gasteiger partial charge in [0, 0.05) is 16.1 Å². The summed E-state index contributed by atoms with van der Waals surface area (Å²) in [6.07, 6.45) is 5.82. The third-order valence-corrected chi connectivity index (χ3v) is 5.55. The fraction of sp³-hybridized carbons (Fsp3) is 0.647. The van der Waals surface area contributed by atoms with Gasteiger partial charge in [0.15, 0.2) is 0 Å². The zero-order valence-corrected chi connectivity index (χ0v) is 14.6. The molecule has 0 aliphatic carbocycles. The van der Waals surface area contributed by atoms with Gasteiger partial charge in [0.25, 0.3) is 0 Å². The third kappa shape index (κ3) is 4.27. The summed E-state index contributed by atoms with van der Waals surface area (Å²) in [5, 5.41) is 0. The van der Waals surface area contributed by atoms with Crippen molar-refractivity contribution in [2.24, 2.45) is 5.73 Å². The summed E-state index contributed by atoms with van der Waals surface area (Å²) in [5.41, 5.74) is 7.38. The fourth-order valence-corrected chi connectivity index (χ4v) is 3.48. The van der Waals surface area contributed by atoms with Gasteiger partial charge < -0.3 is 5.73 Å².